The first-order valence-corrected chi connectivity index (χ1v) is 7.87. The Kier molecular flexibility index (Phi) is 7.47. The first-order chi connectivity index (χ1) is 11.2. The van der Waals surface area contributed by atoms with Gasteiger partial charge in [0, 0.05) is 31.6 Å². The zero-order valence-electron chi connectivity index (χ0n) is 15.0. The molecule has 0 aliphatic carbocycles. The number of methoxy groups -OCH3 is 1. The highest BCUT2D eigenvalue weighted by molar-refractivity contribution is 5.86. The van der Waals surface area contributed by atoms with Crippen LogP contribution in [0.4, 0.5) is 0 Å². The van der Waals surface area contributed by atoms with Gasteiger partial charge in [0.15, 0.2) is 0 Å². The molecular weight excluding hydrogens is 304 g/mol. The third-order valence-corrected chi connectivity index (χ3v) is 3.03. The summed E-state index contributed by atoms with van der Waals surface area (Å²) in [6, 6.07) is 7.03. The predicted molar refractivity (Wildman–Crippen MR) is 94.1 cm³/mol. The standard InChI is InChI=1S/C19H26N2O3/c1-14(22)21-17(13-24-5)18(23)20-12-16-8-6-15(7-9-16)10-11-19(2,3)4/h6-9,17H,12-13H2,1-5H3,(H,20,23)(H,21,22)/t17-/m1/s1. The van der Waals surface area contributed by atoms with Crippen molar-refractivity contribution in [3.05, 3.63) is 35.4 Å². The number of amides is 2. The Hall–Kier alpha value is -2.32. The molecule has 0 fully saturated rings. The molecule has 1 atom stereocenters. The number of hydrogen-bond donors (Lipinski definition) is 2. The van der Waals surface area contributed by atoms with E-state index in [1.165, 1.54) is 14.0 Å². The van der Waals surface area contributed by atoms with E-state index in [2.05, 4.69) is 43.2 Å². The normalized spacial score (nSPS) is 11.9. The summed E-state index contributed by atoms with van der Waals surface area (Å²) in [4.78, 5) is 23.2. The Bertz CT molecular complexity index is 619. The van der Waals surface area contributed by atoms with E-state index >= 15 is 0 Å². The molecule has 2 amide bonds. The summed E-state index contributed by atoms with van der Waals surface area (Å²) in [6.45, 7) is 8.08. The quantitative estimate of drug-likeness (QED) is 0.782. The van der Waals surface area contributed by atoms with Crippen molar-refractivity contribution in [3.8, 4) is 11.8 Å². The lowest BCUT2D eigenvalue weighted by Gasteiger charge is -2.16. The van der Waals surface area contributed by atoms with E-state index < -0.39 is 6.04 Å². The van der Waals surface area contributed by atoms with Gasteiger partial charge in [-0.05, 0) is 38.5 Å². The Balaban J connectivity index is 2.61. The number of hydrogen-bond acceptors (Lipinski definition) is 3. The van der Waals surface area contributed by atoms with Crippen LogP contribution in [0.5, 0.6) is 0 Å². The van der Waals surface area contributed by atoms with Gasteiger partial charge in [0.1, 0.15) is 6.04 Å². The maximum absolute atomic E-state index is 12.1. The highest BCUT2D eigenvalue weighted by Crippen LogP contribution is 2.11. The van der Waals surface area contributed by atoms with Crippen LogP contribution in [0, 0.1) is 17.3 Å². The molecule has 1 aromatic carbocycles. The van der Waals surface area contributed by atoms with Gasteiger partial charge in [-0.1, -0.05) is 24.0 Å². The molecule has 0 heterocycles. The van der Waals surface area contributed by atoms with Crippen LogP contribution < -0.4 is 10.6 Å². The van der Waals surface area contributed by atoms with E-state index in [0.717, 1.165) is 11.1 Å². The van der Waals surface area contributed by atoms with Crippen LogP contribution in [-0.2, 0) is 20.9 Å². The van der Waals surface area contributed by atoms with Crippen LogP contribution in [-0.4, -0.2) is 31.6 Å². The van der Waals surface area contributed by atoms with Crippen LogP contribution in [0.3, 0.4) is 0 Å². The summed E-state index contributed by atoms with van der Waals surface area (Å²) in [7, 11) is 1.49. The molecule has 0 spiro atoms. The van der Waals surface area contributed by atoms with Gasteiger partial charge in [0.05, 0.1) is 6.61 Å². The van der Waals surface area contributed by atoms with E-state index in [1.807, 2.05) is 24.3 Å². The number of rotatable bonds is 6. The molecule has 24 heavy (non-hydrogen) atoms. The van der Waals surface area contributed by atoms with Crippen molar-refractivity contribution >= 4 is 11.8 Å². The molecule has 0 aliphatic heterocycles. The van der Waals surface area contributed by atoms with Crippen LogP contribution in [0.15, 0.2) is 24.3 Å². The Labute approximate surface area is 144 Å². The number of carbonyl (C=O) groups is 2. The van der Waals surface area contributed by atoms with Crippen LogP contribution in [0.1, 0.15) is 38.8 Å². The van der Waals surface area contributed by atoms with Crippen LogP contribution in [0.25, 0.3) is 0 Å². The van der Waals surface area contributed by atoms with Gasteiger partial charge in [-0.25, -0.2) is 0 Å². The van der Waals surface area contributed by atoms with Crippen molar-refractivity contribution in [3.63, 3.8) is 0 Å². The van der Waals surface area contributed by atoms with Gasteiger partial charge in [-0.15, -0.1) is 0 Å². The highest BCUT2D eigenvalue weighted by Gasteiger charge is 2.18. The fourth-order valence-corrected chi connectivity index (χ4v) is 1.87. The van der Waals surface area contributed by atoms with E-state index in [-0.39, 0.29) is 23.8 Å². The molecule has 0 radical (unpaired) electrons. The molecule has 130 valence electrons. The third-order valence-electron chi connectivity index (χ3n) is 3.03. The van der Waals surface area contributed by atoms with Crippen LogP contribution in [0.2, 0.25) is 0 Å². The lowest BCUT2D eigenvalue weighted by molar-refractivity contribution is -0.129. The average Bonchev–Trinajstić information content (AvgIpc) is 2.50. The maximum atomic E-state index is 12.1. The minimum atomic E-state index is -0.690. The molecule has 0 saturated carbocycles. The van der Waals surface area contributed by atoms with Crippen molar-refractivity contribution in [2.45, 2.75) is 40.3 Å². The Morgan fingerprint density at radius 3 is 2.33 bits per heavy atom. The number of ether oxygens (including phenoxy) is 1. The van der Waals surface area contributed by atoms with Crippen molar-refractivity contribution in [2.75, 3.05) is 13.7 Å². The largest absolute Gasteiger partial charge is 0.382 e. The molecule has 0 unspecified atom stereocenters. The molecule has 1 rings (SSSR count). The van der Waals surface area contributed by atoms with Crippen molar-refractivity contribution < 1.29 is 14.3 Å². The fourth-order valence-electron chi connectivity index (χ4n) is 1.87. The second-order valence-corrected chi connectivity index (χ2v) is 6.62. The van der Waals surface area contributed by atoms with E-state index in [0.29, 0.717) is 6.54 Å². The smallest absolute Gasteiger partial charge is 0.245 e. The fraction of sp³-hybridized carbons (Fsp3) is 0.474. The number of benzene rings is 1. The SMILES string of the molecule is COC[C@@H](NC(C)=O)C(=O)NCc1ccc(C#CC(C)(C)C)cc1. The first-order valence-electron chi connectivity index (χ1n) is 7.87. The highest BCUT2D eigenvalue weighted by atomic mass is 16.5. The minimum absolute atomic E-state index is 0.0350. The molecule has 0 aromatic heterocycles. The lowest BCUT2D eigenvalue weighted by atomic mass is 9.97. The summed E-state index contributed by atoms with van der Waals surface area (Å²) in [6.07, 6.45) is 0. The topological polar surface area (TPSA) is 67.4 Å². The summed E-state index contributed by atoms with van der Waals surface area (Å²) in [5.41, 5.74) is 1.87. The monoisotopic (exact) mass is 330 g/mol. The summed E-state index contributed by atoms with van der Waals surface area (Å²) in [5.74, 6) is 5.77. The minimum Gasteiger partial charge on any atom is -0.382 e. The second kappa shape index (κ2) is 9.09. The Morgan fingerprint density at radius 2 is 1.83 bits per heavy atom. The predicted octanol–water partition coefficient (Wildman–Crippen LogP) is 1.85. The van der Waals surface area contributed by atoms with Crippen molar-refractivity contribution in [1.82, 2.24) is 10.6 Å². The Morgan fingerprint density at radius 1 is 1.21 bits per heavy atom. The van der Waals surface area contributed by atoms with Gasteiger partial charge in [-0.3, -0.25) is 9.59 Å². The summed E-state index contributed by atoms with van der Waals surface area (Å²) >= 11 is 0. The van der Waals surface area contributed by atoms with Crippen LogP contribution >= 0.6 is 0 Å². The zero-order valence-corrected chi connectivity index (χ0v) is 15.0. The van der Waals surface area contributed by atoms with Gasteiger partial charge in [0.25, 0.3) is 0 Å². The van der Waals surface area contributed by atoms with E-state index in [4.69, 9.17) is 4.74 Å². The number of carbonyl (C=O) groups excluding carboxylic acids is 2. The van der Waals surface area contributed by atoms with Crippen molar-refractivity contribution in [2.24, 2.45) is 5.41 Å². The van der Waals surface area contributed by atoms with Gasteiger partial charge < -0.3 is 15.4 Å². The number of nitrogens with one attached hydrogen (secondary N) is 2. The first kappa shape index (κ1) is 19.7. The maximum Gasteiger partial charge on any atom is 0.245 e. The molecule has 5 heteroatoms. The van der Waals surface area contributed by atoms with E-state index in [9.17, 15) is 9.59 Å². The molecule has 1 aromatic rings. The van der Waals surface area contributed by atoms with Crippen molar-refractivity contribution in [1.29, 1.82) is 0 Å². The third kappa shape index (κ3) is 7.80. The molecule has 0 bridgehead atoms. The molecule has 2 N–H and O–H groups in total. The lowest BCUT2D eigenvalue weighted by Crippen LogP contribution is -2.48. The molecule has 5 nitrogen and oxygen atoms in total. The molecule has 0 saturated heterocycles. The zero-order chi connectivity index (χ0) is 18.2. The van der Waals surface area contributed by atoms with Gasteiger partial charge in [-0.2, -0.15) is 0 Å². The van der Waals surface area contributed by atoms with E-state index in [1.54, 1.807) is 0 Å². The van der Waals surface area contributed by atoms with Gasteiger partial charge >= 0.3 is 0 Å². The molecular formula is C19H26N2O3. The second-order valence-electron chi connectivity index (χ2n) is 6.62. The average molecular weight is 330 g/mol. The summed E-state index contributed by atoms with van der Waals surface area (Å²) < 4.78 is 4.96. The summed E-state index contributed by atoms with van der Waals surface area (Å²) in [5, 5.41) is 5.36. The molecule has 0 aliphatic rings. The van der Waals surface area contributed by atoms with Gasteiger partial charge in [0.2, 0.25) is 11.8 Å².